The molecule has 0 aliphatic carbocycles. The molecule has 1 N–H and O–H groups in total. The van der Waals surface area contributed by atoms with E-state index in [1.165, 1.54) is 0 Å². The standard InChI is InChI=1S/C14H18N2O3/c17-13-7-4-8-15(13)9-10-16(11-14(18)19)12-5-2-1-3-6-12/h1-3,5-6H,4,7-11H2,(H,18,19). The van der Waals surface area contributed by atoms with Crippen LogP contribution in [0, 0.1) is 0 Å². The van der Waals surface area contributed by atoms with E-state index < -0.39 is 5.97 Å². The Hall–Kier alpha value is -2.04. The summed E-state index contributed by atoms with van der Waals surface area (Å²) in [6, 6.07) is 9.42. The quantitative estimate of drug-likeness (QED) is 0.837. The number of hydrogen-bond donors (Lipinski definition) is 1. The summed E-state index contributed by atoms with van der Waals surface area (Å²) < 4.78 is 0. The Labute approximate surface area is 112 Å². The van der Waals surface area contributed by atoms with E-state index in [0.29, 0.717) is 19.5 Å². The second-order valence-electron chi connectivity index (χ2n) is 4.64. The van der Waals surface area contributed by atoms with Crippen molar-refractivity contribution < 1.29 is 14.7 Å². The fourth-order valence-corrected chi connectivity index (χ4v) is 2.28. The highest BCUT2D eigenvalue weighted by atomic mass is 16.4. The largest absolute Gasteiger partial charge is 0.480 e. The summed E-state index contributed by atoms with van der Waals surface area (Å²) in [5, 5.41) is 8.97. The van der Waals surface area contributed by atoms with Gasteiger partial charge in [0.05, 0.1) is 0 Å². The lowest BCUT2D eigenvalue weighted by Gasteiger charge is -2.25. The molecule has 5 nitrogen and oxygen atoms in total. The highest BCUT2D eigenvalue weighted by molar-refractivity contribution is 5.78. The van der Waals surface area contributed by atoms with Gasteiger partial charge in [0, 0.05) is 31.7 Å². The molecule has 1 saturated heterocycles. The number of para-hydroxylation sites is 1. The average Bonchev–Trinajstić information content (AvgIpc) is 2.81. The van der Waals surface area contributed by atoms with Crippen LogP contribution in [0.25, 0.3) is 0 Å². The summed E-state index contributed by atoms with van der Waals surface area (Å²) >= 11 is 0. The van der Waals surface area contributed by atoms with Crippen LogP contribution < -0.4 is 4.90 Å². The van der Waals surface area contributed by atoms with E-state index in [1.54, 1.807) is 9.80 Å². The second-order valence-corrected chi connectivity index (χ2v) is 4.64. The van der Waals surface area contributed by atoms with Gasteiger partial charge in [0.15, 0.2) is 0 Å². The van der Waals surface area contributed by atoms with Gasteiger partial charge >= 0.3 is 5.97 Å². The van der Waals surface area contributed by atoms with Crippen LogP contribution in [0.2, 0.25) is 0 Å². The molecular formula is C14H18N2O3. The van der Waals surface area contributed by atoms with Crippen molar-refractivity contribution in [2.75, 3.05) is 31.1 Å². The number of aliphatic carboxylic acids is 1. The molecule has 0 unspecified atom stereocenters. The molecular weight excluding hydrogens is 244 g/mol. The van der Waals surface area contributed by atoms with Crippen molar-refractivity contribution in [2.45, 2.75) is 12.8 Å². The van der Waals surface area contributed by atoms with E-state index in [4.69, 9.17) is 5.11 Å². The monoisotopic (exact) mass is 262 g/mol. The van der Waals surface area contributed by atoms with Crippen LogP contribution in [-0.4, -0.2) is 48.1 Å². The van der Waals surface area contributed by atoms with E-state index >= 15 is 0 Å². The third kappa shape index (κ3) is 3.71. The maximum absolute atomic E-state index is 11.5. The molecule has 102 valence electrons. The Balaban J connectivity index is 1.98. The SMILES string of the molecule is O=C(O)CN(CCN1CCCC1=O)c1ccccc1. The van der Waals surface area contributed by atoms with Crippen molar-refractivity contribution in [3.63, 3.8) is 0 Å². The summed E-state index contributed by atoms with van der Waals surface area (Å²) in [4.78, 5) is 26.0. The number of carbonyl (C=O) groups is 2. The summed E-state index contributed by atoms with van der Waals surface area (Å²) in [7, 11) is 0. The fourth-order valence-electron chi connectivity index (χ4n) is 2.28. The smallest absolute Gasteiger partial charge is 0.323 e. The van der Waals surface area contributed by atoms with Crippen LogP contribution >= 0.6 is 0 Å². The molecule has 0 atom stereocenters. The number of amides is 1. The van der Waals surface area contributed by atoms with Gasteiger partial charge in [-0.25, -0.2) is 0 Å². The molecule has 1 fully saturated rings. The number of nitrogens with zero attached hydrogens (tertiary/aromatic N) is 2. The summed E-state index contributed by atoms with van der Waals surface area (Å²) in [5.41, 5.74) is 0.872. The average molecular weight is 262 g/mol. The maximum atomic E-state index is 11.5. The lowest BCUT2D eigenvalue weighted by atomic mass is 10.3. The minimum atomic E-state index is -0.864. The van der Waals surface area contributed by atoms with Gasteiger partial charge in [-0.3, -0.25) is 9.59 Å². The zero-order chi connectivity index (χ0) is 13.7. The minimum absolute atomic E-state index is 0.0496. The Kier molecular flexibility index (Phi) is 4.39. The van der Waals surface area contributed by atoms with Crippen molar-refractivity contribution in [3.05, 3.63) is 30.3 Å². The van der Waals surface area contributed by atoms with Crippen LogP contribution in [0.5, 0.6) is 0 Å². The number of anilines is 1. The highest BCUT2D eigenvalue weighted by Crippen LogP contribution is 2.14. The van der Waals surface area contributed by atoms with E-state index in [-0.39, 0.29) is 12.5 Å². The molecule has 2 rings (SSSR count). The van der Waals surface area contributed by atoms with Crippen molar-refractivity contribution in [1.82, 2.24) is 4.90 Å². The topological polar surface area (TPSA) is 60.9 Å². The number of carbonyl (C=O) groups excluding carboxylic acids is 1. The first-order valence-corrected chi connectivity index (χ1v) is 6.46. The lowest BCUT2D eigenvalue weighted by Crippen LogP contribution is -2.38. The van der Waals surface area contributed by atoms with Gasteiger partial charge < -0.3 is 14.9 Å². The zero-order valence-corrected chi connectivity index (χ0v) is 10.8. The second kappa shape index (κ2) is 6.22. The summed E-state index contributed by atoms with van der Waals surface area (Å²) in [6.07, 6.45) is 1.52. The van der Waals surface area contributed by atoms with E-state index in [9.17, 15) is 9.59 Å². The van der Waals surface area contributed by atoms with Crippen molar-refractivity contribution in [2.24, 2.45) is 0 Å². The van der Waals surface area contributed by atoms with Gasteiger partial charge in [0.1, 0.15) is 6.54 Å². The predicted molar refractivity (Wildman–Crippen MR) is 72.1 cm³/mol. The third-order valence-electron chi connectivity index (χ3n) is 3.26. The number of likely N-dealkylation sites (tertiary alicyclic amines) is 1. The molecule has 0 bridgehead atoms. The van der Waals surface area contributed by atoms with Crippen molar-refractivity contribution >= 4 is 17.6 Å². The molecule has 1 aliphatic rings. The predicted octanol–water partition coefficient (Wildman–Crippen LogP) is 1.20. The Morgan fingerprint density at radius 2 is 2.05 bits per heavy atom. The number of carboxylic acid groups (broad SMARTS) is 1. The number of carboxylic acids is 1. The molecule has 0 saturated carbocycles. The number of hydrogen-bond acceptors (Lipinski definition) is 3. The Morgan fingerprint density at radius 1 is 1.32 bits per heavy atom. The normalized spacial score (nSPS) is 14.7. The van der Waals surface area contributed by atoms with Crippen molar-refractivity contribution in [1.29, 1.82) is 0 Å². The maximum Gasteiger partial charge on any atom is 0.323 e. The van der Waals surface area contributed by atoms with Gasteiger partial charge in [0.2, 0.25) is 5.91 Å². The van der Waals surface area contributed by atoms with E-state index in [2.05, 4.69) is 0 Å². The summed E-state index contributed by atoms with van der Waals surface area (Å²) in [6.45, 7) is 1.86. The fraction of sp³-hybridized carbons (Fsp3) is 0.429. The van der Waals surface area contributed by atoms with Crippen LogP contribution in [0.3, 0.4) is 0 Å². The molecule has 0 radical (unpaired) electrons. The molecule has 5 heteroatoms. The highest BCUT2D eigenvalue weighted by Gasteiger charge is 2.21. The first kappa shape index (κ1) is 13.4. The van der Waals surface area contributed by atoms with Gasteiger partial charge in [-0.15, -0.1) is 0 Å². The molecule has 1 aromatic carbocycles. The van der Waals surface area contributed by atoms with E-state index in [1.807, 2.05) is 30.3 Å². The van der Waals surface area contributed by atoms with Gasteiger partial charge in [-0.2, -0.15) is 0 Å². The number of benzene rings is 1. The van der Waals surface area contributed by atoms with Gasteiger partial charge in [-0.1, -0.05) is 18.2 Å². The molecule has 1 heterocycles. The summed E-state index contributed by atoms with van der Waals surface area (Å²) in [5.74, 6) is -0.695. The first-order chi connectivity index (χ1) is 9.16. The third-order valence-corrected chi connectivity index (χ3v) is 3.26. The van der Waals surface area contributed by atoms with Crippen molar-refractivity contribution in [3.8, 4) is 0 Å². The Morgan fingerprint density at radius 3 is 2.63 bits per heavy atom. The van der Waals surface area contributed by atoms with Crippen LogP contribution in [-0.2, 0) is 9.59 Å². The first-order valence-electron chi connectivity index (χ1n) is 6.46. The molecule has 19 heavy (non-hydrogen) atoms. The molecule has 1 amide bonds. The lowest BCUT2D eigenvalue weighted by molar-refractivity contribution is -0.135. The molecule has 0 spiro atoms. The molecule has 0 aromatic heterocycles. The van der Waals surface area contributed by atoms with Crippen LogP contribution in [0.1, 0.15) is 12.8 Å². The minimum Gasteiger partial charge on any atom is -0.480 e. The number of rotatable bonds is 6. The molecule has 1 aliphatic heterocycles. The van der Waals surface area contributed by atoms with Gasteiger partial charge in [0.25, 0.3) is 0 Å². The zero-order valence-electron chi connectivity index (χ0n) is 10.8. The Bertz CT molecular complexity index is 447. The van der Waals surface area contributed by atoms with Crippen LogP contribution in [0.4, 0.5) is 5.69 Å². The molecule has 1 aromatic rings. The van der Waals surface area contributed by atoms with Gasteiger partial charge in [-0.05, 0) is 18.6 Å². The van der Waals surface area contributed by atoms with Crippen LogP contribution in [0.15, 0.2) is 30.3 Å². The van der Waals surface area contributed by atoms with E-state index in [0.717, 1.165) is 18.7 Å².